The first-order chi connectivity index (χ1) is 10.1. The summed E-state index contributed by atoms with van der Waals surface area (Å²) in [6.45, 7) is 0.538. The van der Waals surface area contributed by atoms with E-state index in [2.05, 4.69) is 5.32 Å². The summed E-state index contributed by atoms with van der Waals surface area (Å²) in [5, 5.41) is 5.01. The highest BCUT2D eigenvalue weighted by Crippen LogP contribution is 2.35. The largest absolute Gasteiger partial charge is 0.301 e. The first kappa shape index (κ1) is 14.5. The summed E-state index contributed by atoms with van der Waals surface area (Å²) in [4.78, 5) is 25.7. The highest BCUT2D eigenvalue weighted by molar-refractivity contribution is 7.19. The number of amides is 2. The molecule has 1 aromatic carbocycles. The zero-order chi connectivity index (χ0) is 15.0. The Morgan fingerprint density at radius 2 is 2.14 bits per heavy atom. The van der Waals surface area contributed by atoms with Gasteiger partial charge in [0.1, 0.15) is 0 Å². The van der Waals surface area contributed by atoms with Crippen LogP contribution in [0.2, 0.25) is 5.02 Å². The molecule has 1 N–H and O–H groups in total. The first-order valence-electron chi connectivity index (χ1n) is 6.77. The van der Waals surface area contributed by atoms with E-state index in [9.17, 15) is 9.59 Å². The van der Waals surface area contributed by atoms with Crippen molar-refractivity contribution in [2.75, 3.05) is 7.05 Å². The van der Waals surface area contributed by atoms with Gasteiger partial charge >= 0.3 is 0 Å². The van der Waals surface area contributed by atoms with Crippen molar-refractivity contribution in [1.29, 1.82) is 0 Å². The highest BCUT2D eigenvalue weighted by Gasteiger charge is 2.31. The molecular formula is C15H15ClN2O2S. The van der Waals surface area contributed by atoms with Crippen LogP contribution in [-0.2, 0) is 16.1 Å². The fourth-order valence-electron chi connectivity index (χ4n) is 2.50. The van der Waals surface area contributed by atoms with Crippen molar-refractivity contribution in [2.45, 2.75) is 25.4 Å². The van der Waals surface area contributed by atoms with E-state index in [-0.39, 0.29) is 17.9 Å². The molecule has 1 aliphatic heterocycles. The second-order valence-electron chi connectivity index (χ2n) is 5.10. The number of nitrogens with zero attached hydrogens (tertiary/aromatic N) is 1. The smallest absolute Gasteiger partial charge is 0.246 e. The Kier molecular flexibility index (Phi) is 3.97. The second kappa shape index (κ2) is 5.75. The minimum Gasteiger partial charge on any atom is -0.301 e. The zero-order valence-electron chi connectivity index (χ0n) is 11.6. The third-order valence-electron chi connectivity index (χ3n) is 3.76. The molecule has 1 fully saturated rings. The molecule has 2 aromatic rings. The summed E-state index contributed by atoms with van der Waals surface area (Å²) >= 11 is 8.01. The third-order valence-corrected chi connectivity index (χ3v) is 5.47. The Morgan fingerprint density at radius 3 is 2.90 bits per heavy atom. The summed E-state index contributed by atoms with van der Waals surface area (Å²) in [5.41, 5.74) is 0. The van der Waals surface area contributed by atoms with Crippen molar-refractivity contribution < 1.29 is 9.59 Å². The summed E-state index contributed by atoms with van der Waals surface area (Å²) < 4.78 is 1.14. The number of hydrogen-bond donors (Lipinski definition) is 1. The van der Waals surface area contributed by atoms with Crippen LogP contribution in [0.5, 0.6) is 0 Å². The zero-order valence-corrected chi connectivity index (χ0v) is 13.1. The van der Waals surface area contributed by atoms with Crippen LogP contribution in [0.4, 0.5) is 0 Å². The number of likely N-dealkylation sites (tertiary alicyclic amines) is 1. The molecule has 0 saturated carbocycles. The van der Waals surface area contributed by atoms with Crippen molar-refractivity contribution in [2.24, 2.45) is 0 Å². The average molecular weight is 323 g/mol. The molecule has 1 aliphatic rings. The number of likely N-dealkylation sites (N-methyl/N-ethyl adjacent to an activating group) is 1. The van der Waals surface area contributed by atoms with Crippen LogP contribution in [0.3, 0.4) is 0 Å². The van der Waals surface area contributed by atoms with Crippen molar-refractivity contribution in [3.05, 3.63) is 34.2 Å². The van der Waals surface area contributed by atoms with Gasteiger partial charge in [0.2, 0.25) is 11.8 Å². The van der Waals surface area contributed by atoms with Crippen LogP contribution < -0.4 is 5.32 Å². The molecule has 0 aliphatic carbocycles. The lowest BCUT2D eigenvalue weighted by Gasteiger charge is -2.28. The maximum absolute atomic E-state index is 12.0. The minimum atomic E-state index is -0.311. The number of thiophene rings is 1. The molecule has 4 nitrogen and oxygen atoms in total. The monoisotopic (exact) mass is 322 g/mol. The normalized spacial score (nSPS) is 19.5. The Morgan fingerprint density at radius 1 is 1.38 bits per heavy atom. The molecular weight excluding hydrogens is 308 g/mol. The molecule has 0 radical (unpaired) electrons. The fourth-order valence-corrected chi connectivity index (χ4v) is 3.95. The van der Waals surface area contributed by atoms with E-state index in [0.29, 0.717) is 19.4 Å². The maximum Gasteiger partial charge on any atom is 0.246 e. The number of halogens is 1. The van der Waals surface area contributed by atoms with Gasteiger partial charge in [-0.2, -0.15) is 0 Å². The number of hydrogen-bond acceptors (Lipinski definition) is 4. The Labute approximate surface area is 131 Å². The quantitative estimate of drug-likeness (QED) is 0.884. The van der Waals surface area contributed by atoms with E-state index >= 15 is 0 Å². The molecule has 110 valence electrons. The lowest BCUT2D eigenvalue weighted by Crippen LogP contribution is -2.51. The Balaban J connectivity index is 1.73. The molecule has 0 spiro atoms. The first-order valence-corrected chi connectivity index (χ1v) is 7.97. The van der Waals surface area contributed by atoms with E-state index < -0.39 is 0 Å². The van der Waals surface area contributed by atoms with Crippen LogP contribution in [-0.4, -0.2) is 29.8 Å². The third kappa shape index (κ3) is 2.69. The molecule has 6 heteroatoms. The van der Waals surface area contributed by atoms with Crippen LogP contribution in [0, 0.1) is 0 Å². The molecule has 1 atom stereocenters. The molecule has 2 amide bonds. The summed E-state index contributed by atoms with van der Waals surface area (Å²) in [7, 11) is 1.53. The number of piperidine rings is 1. The van der Waals surface area contributed by atoms with E-state index in [0.717, 1.165) is 20.0 Å². The molecule has 3 rings (SSSR count). The molecule has 0 bridgehead atoms. The van der Waals surface area contributed by atoms with Crippen LogP contribution in [0.15, 0.2) is 24.3 Å². The number of nitrogens with one attached hydrogen (secondary N) is 1. The summed E-state index contributed by atoms with van der Waals surface area (Å²) in [6.07, 6.45) is 0.949. The summed E-state index contributed by atoms with van der Waals surface area (Å²) in [6, 6.07) is 7.67. The van der Waals surface area contributed by atoms with E-state index in [1.54, 1.807) is 11.3 Å². The van der Waals surface area contributed by atoms with Crippen molar-refractivity contribution in [1.82, 2.24) is 10.2 Å². The van der Waals surface area contributed by atoms with E-state index in [1.165, 1.54) is 11.9 Å². The number of imide groups is 1. The van der Waals surface area contributed by atoms with Gasteiger partial charge in [-0.05, 0) is 12.5 Å². The molecule has 21 heavy (non-hydrogen) atoms. The van der Waals surface area contributed by atoms with Crippen molar-refractivity contribution in [3.63, 3.8) is 0 Å². The Hall–Kier alpha value is -1.43. The topological polar surface area (TPSA) is 49.4 Å². The maximum atomic E-state index is 12.0. The number of benzene rings is 1. The van der Waals surface area contributed by atoms with Crippen LogP contribution in [0.25, 0.3) is 10.1 Å². The van der Waals surface area contributed by atoms with Gasteiger partial charge < -0.3 is 5.32 Å². The number of fused-ring (bicyclic) bond motifs is 1. The lowest BCUT2D eigenvalue weighted by molar-refractivity contribution is -0.148. The van der Waals surface area contributed by atoms with Crippen molar-refractivity contribution >= 4 is 44.8 Å². The predicted molar refractivity (Wildman–Crippen MR) is 84.5 cm³/mol. The molecule has 1 saturated heterocycles. The van der Waals surface area contributed by atoms with Crippen LogP contribution in [0.1, 0.15) is 17.7 Å². The van der Waals surface area contributed by atoms with Gasteiger partial charge in [0.15, 0.2) is 0 Å². The Bertz CT molecular complexity index is 713. The van der Waals surface area contributed by atoms with Gasteiger partial charge in [-0.3, -0.25) is 14.5 Å². The SMILES string of the molecule is CN1C(=O)CCC(NCc2sc3ccccc3c2Cl)C1=O. The molecule has 1 unspecified atom stereocenters. The number of rotatable bonds is 3. The second-order valence-corrected chi connectivity index (χ2v) is 6.61. The van der Waals surface area contributed by atoms with Gasteiger partial charge in [0, 0.05) is 35.0 Å². The lowest BCUT2D eigenvalue weighted by atomic mass is 10.0. The van der Waals surface area contributed by atoms with Gasteiger partial charge in [-0.15, -0.1) is 11.3 Å². The molecule has 2 heterocycles. The minimum absolute atomic E-state index is 0.113. The number of carbonyl (C=O) groups is 2. The van der Waals surface area contributed by atoms with Crippen LogP contribution >= 0.6 is 22.9 Å². The molecule has 1 aromatic heterocycles. The summed E-state index contributed by atoms with van der Waals surface area (Å²) in [5.74, 6) is -0.276. The highest BCUT2D eigenvalue weighted by atomic mass is 35.5. The predicted octanol–water partition coefficient (Wildman–Crippen LogP) is 2.79. The fraction of sp³-hybridized carbons (Fsp3) is 0.333. The van der Waals surface area contributed by atoms with E-state index in [4.69, 9.17) is 11.6 Å². The van der Waals surface area contributed by atoms with Crippen molar-refractivity contribution in [3.8, 4) is 0 Å². The standard InChI is InChI=1S/C15H15ClN2O2S/c1-18-13(19)7-6-10(15(18)20)17-8-12-14(16)9-4-2-3-5-11(9)21-12/h2-5,10,17H,6-8H2,1H3. The average Bonchev–Trinajstić information content (AvgIpc) is 2.81. The van der Waals surface area contributed by atoms with E-state index in [1.807, 2.05) is 24.3 Å². The van der Waals surface area contributed by atoms with Gasteiger partial charge in [-0.1, -0.05) is 29.8 Å². The van der Waals surface area contributed by atoms with Gasteiger partial charge in [-0.25, -0.2) is 0 Å². The number of carbonyl (C=O) groups excluding carboxylic acids is 2. The van der Waals surface area contributed by atoms with Gasteiger partial charge in [0.25, 0.3) is 0 Å². The van der Waals surface area contributed by atoms with Gasteiger partial charge in [0.05, 0.1) is 11.1 Å².